The van der Waals surface area contributed by atoms with Crippen molar-refractivity contribution >= 4 is 76.2 Å². The first-order valence-corrected chi connectivity index (χ1v) is 13.4. The number of alkyl halides is 3. The third-order valence-electron chi connectivity index (χ3n) is 4.27. The van der Waals surface area contributed by atoms with Crippen molar-refractivity contribution in [3.63, 3.8) is 0 Å². The lowest BCUT2D eigenvalue weighted by molar-refractivity contribution is 0.397. The fourth-order valence-electron chi connectivity index (χ4n) is 3.08. The Morgan fingerprint density at radius 3 is 1.77 bits per heavy atom. The summed E-state index contributed by atoms with van der Waals surface area (Å²) in [5.41, 5.74) is 0.923. The van der Waals surface area contributed by atoms with Crippen LogP contribution in [0.4, 0.5) is 0 Å². The van der Waals surface area contributed by atoms with E-state index in [4.69, 9.17) is 67.1 Å². The van der Waals surface area contributed by atoms with Crippen molar-refractivity contribution in [2.75, 3.05) is 0 Å². The van der Waals surface area contributed by atoms with Crippen molar-refractivity contribution in [3.8, 4) is 11.5 Å². The Morgan fingerprint density at radius 2 is 1.30 bits per heavy atom. The second-order valence-electron chi connectivity index (χ2n) is 6.37. The molecule has 10 heteroatoms. The third kappa shape index (κ3) is 4.86. The molecule has 0 N–H and O–H groups in total. The lowest BCUT2D eigenvalue weighted by Gasteiger charge is -2.32. The molecule has 0 radical (unpaired) electrons. The molecule has 156 valence electrons. The molecule has 0 bridgehead atoms. The normalized spacial score (nSPS) is 20.8. The second kappa shape index (κ2) is 8.67. The summed E-state index contributed by atoms with van der Waals surface area (Å²) in [5, 5.41) is 0.819. The summed E-state index contributed by atoms with van der Waals surface area (Å²) in [5.74, 6) is -0.346. The van der Waals surface area contributed by atoms with Crippen molar-refractivity contribution in [1.29, 1.82) is 0 Å². The summed E-state index contributed by atoms with van der Waals surface area (Å²) in [6, 6.07) is 18.8. The molecule has 4 rings (SSSR count). The molecule has 3 aromatic rings. The Hall–Kier alpha value is -0.710. The number of rotatable bonds is 2. The van der Waals surface area contributed by atoms with E-state index in [2.05, 4.69) is 0 Å². The van der Waals surface area contributed by atoms with E-state index >= 15 is 0 Å². The summed E-state index contributed by atoms with van der Waals surface area (Å²) < 4.78 is 23.8. The molecule has 0 fully saturated rings. The summed E-state index contributed by atoms with van der Waals surface area (Å²) in [7, 11) is 0. The average molecular weight is 541 g/mol. The fourth-order valence-corrected chi connectivity index (χ4v) is 7.46. The molecule has 30 heavy (non-hydrogen) atoms. The van der Waals surface area contributed by atoms with Gasteiger partial charge in [-0.3, -0.25) is 0 Å². The minimum Gasteiger partial charge on any atom is -0.408 e. The molecule has 1 aliphatic heterocycles. The monoisotopic (exact) mass is 538 g/mol. The second-order valence-corrected chi connectivity index (χ2v) is 13.4. The van der Waals surface area contributed by atoms with Crippen LogP contribution in [0.5, 0.6) is 11.5 Å². The maximum atomic E-state index is 13.8. The van der Waals surface area contributed by atoms with Crippen LogP contribution in [0.25, 0.3) is 0 Å². The summed E-state index contributed by atoms with van der Waals surface area (Å²) in [6.45, 7) is -3.78. The Bertz CT molecular complexity index is 1080. The Labute approximate surface area is 202 Å². The van der Waals surface area contributed by atoms with Crippen LogP contribution in [-0.2, 0) is 4.57 Å². The highest BCUT2D eigenvalue weighted by Crippen LogP contribution is 2.66. The molecule has 3 nitrogen and oxygen atoms in total. The minimum atomic E-state index is -3.78. The van der Waals surface area contributed by atoms with Gasteiger partial charge in [-0.05, 0) is 48.5 Å². The topological polar surface area (TPSA) is 35.5 Å². The molecule has 0 saturated carbocycles. The van der Waals surface area contributed by atoms with Gasteiger partial charge < -0.3 is 9.05 Å². The van der Waals surface area contributed by atoms with Crippen LogP contribution in [0.15, 0.2) is 71.6 Å². The molecule has 0 amide bonds. The molecule has 3 aromatic carbocycles. The van der Waals surface area contributed by atoms with Crippen molar-refractivity contribution in [2.24, 2.45) is 0 Å². The lowest BCUT2D eigenvalue weighted by atomic mass is 9.91. The van der Waals surface area contributed by atoms with Gasteiger partial charge in [0.2, 0.25) is 3.79 Å². The molecule has 0 unspecified atom stereocenters. The maximum absolute atomic E-state index is 13.8. The summed E-state index contributed by atoms with van der Waals surface area (Å²) >= 11 is 32.5. The van der Waals surface area contributed by atoms with Gasteiger partial charge in [0.15, 0.2) is 0 Å². The number of benzene rings is 3. The number of halogens is 5. The van der Waals surface area contributed by atoms with Crippen molar-refractivity contribution in [2.45, 2.75) is 14.6 Å². The zero-order valence-corrected chi connectivity index (χ0v) is 20.4. The first kappa shape index (κ1) is 22.5. The van der Waals surface area contributed by atoms with Crippen LogP contribution in [0.2, 0.25) is 10.0 Å². The van der Waals surface area contributed by atoms with E-state index in [1.165, 1.54) is 0 Å². The van der Waals surface area contributed by atoms with E-state index in [0.717, 1.165) is 11.4 Å². The largest absolute Gasteiger partial charge is 0.497 e. The van der Waals surface area contributed by atoms with Gasteiger partial charge in [0.1, 0.15) is 11.5 Å². The first-order valence-electron chi connectivity index (χ1n) is 8.54. The van der Waals surface area contributed by atoms with Crippen molar-refractivity contribution < 1.29 is 13.6 Å². The minimum absolute atomic E-state index is 0.244. The number of fused-ring (bicyclic) bond motifs is 2. The number of hydrogen-bond donors (Lipinski definition) is 0. The summed E-state index contributed by atoms with van der Waals surface area (Å²) in [6.07, 6.45) is 0. The predicted molar refractivity (Wildman–Crippen MR) is 126 cm³/mol. The quantitative estimate of drug-likeness (QED) is 0.240. The standard InChI is InChI=1S/C20H12Cl5O3PS/c21-12-6-8-17-15(10-12)19(20(23,24)25)16-11-13(22)7-9-18(16)28-29(26,27-17)30-14-4-2-1-3-5-14/h1-11,19H. The third-order valence-corrected chi connectivity index (χ3v) is 8.70. The van der Waals surface area contributed by atoms with Crippen LogP contribution < -0.4 is 9.05 Å². The Balaban J connectivity index is 1.93. The highest BCUT2D eigenvalue weighted by molar-refractivity contribution is 8.55. The molecule has 0 aromatic heterocycles. The maximum Gasteiger partial charge on any atom is 0.497 e. The molecule has 1 aliphatic rings. The smallest absolute Gasteiger partial charge is 0.408 e. The Kier molecular flexibility index (Phi) is 6.50. The van der Waals surface area contributed by atoms with Crippen LogP contribution in [0.3, 0.4) is 0 Å². The van der Waals surface area contributed by atoms with E-state index < -0.39 is 16.5 Å². The van der Waals surface area contributed by atoms with Gasteiger partial charge in [-0.15, -0.1) is 0 Å². The van der Waals surface area contributed by atoms with E-state index in [9.17, 15) is 4.57 Å². The van der Waals surface area contributed by atoms with E-state index in [1.54, 1.807) is 36.4 Å². The van der Waals surface area contributed by atoms with Crippen LogP contribution >= 0.6 is 76.2 Å². The zero-order chi connectivity index (χ0) is 21.5. The molecule has 0 aliphatic carbocycles. The average Bonchev–Trinajstić information content (AvgIpc) is 2.65. The van der Waals surface area contributed by atoms with Gasteiger partial charge in [0.25, 0.3) is 0 Å². The van der Waals surface area contributed by atoms with Crippen LogP contribution in [0, 0.1) is 0 Å². The van der Waals surface area contributed by atoms with Crippen LogP contribution in [-0.4, -0.2) is 3.79 Å². The molecule has 1 heterocycles. The van der Waals surface area contributed by atoms with Gasteiger partial charge in [-0.1, -0.05) is 76.2 Å². The van der Waals surface area contributed by atoms with E-state index in [1.807, 2.05) is 30.3 Å². The molecular formula is C20H12Cl5O3PS. The van der Waals surface area contributed by atoms with Crippen molar-refractivity contribution in [1.82, 2.24) is 0 Å². The predicted octanol–water partition coefficient (Wildman–Crippen LogP) is 9.17. The van der Waals surface area contributed by atoms with Crippen molar-refractivity contribution in [3.05, 3.63) is 87.9 Å². The van der Waals surface area contributed by atoms with Gasteiger partial charge in [-0.25, -0.2) is 4.57 Å². The molecule has 0 saturated heterocycles. The van der Waals surface area contributed by atoms with Crippen LogP contribution in [0.1, 0.15) is 17.0 Å². The zero-order valence-electron chi connectivity index (χ0n) is 14.9. The fraction of sp³-hybridized carbons (Fsp3) is 0.100. The van der Waals surface area contributed by atoms with Gasteiger partial charge in [-0.2, -0.15) is 0 Å². The van der Waals surface area contributed by atoms with Gasteiger partial charge in [0.05, 0.1) is 5.92 Å². The van der Waals surface area contributed by atoms with Gasteiger partial charge in [0, 0.05) is 37.4 Å². The lowest BCUT2D eigenvalue weighted by Crippen LogP contribution is -2.22. The summed E-state index contributed by atoms with van der Waals surface area (Å²) in [4.78, 5) is 0.713. The molecular weight excluding hydrogens is 529 g/mol. The Morgan fingerprint density at radius 1 is 0.800 bits per heavy atom. The van der Waals surface area contributed by atoms with E-state index in [0.29, 0.717) is 26.1 Å². The highest BCUT2D eigenvalue weighted by atomic mass is 35.6. The molecule has 0 atom stereocenters. The first-order chi connectivity index (χ1) is 14.1. The van der Waals surface area contributed by atoms with E-state index in [-0.39, 0.29) is 11.5 Å². The molecule has 0 spiro atoms. The van der Waals surface area contributed by atoms with Gasteiger partial charge >= 0.3 is 6.80 Å². The SMILES string of the molecule is O=P1(Sc2ccccc2)Oc2ccc(Cl)cc2C(C(Cl)(Cl)Cl)c2cc(Cl)ccc2O1. The number of hydrogen-bond acceptors (Lipinski definition) is 4. The highest BCUT2D eigenvalue weighted by Gasteiger charge is 2.44.